The van der Waals surface area contributed by atoms with Gasteiger partial charge >= 0.3 is 5.97 Å². The van der Waals surface area contributed by atoms with Gasteiger partial charge in [-0.3, -0.25) is 9.59 Å². The van der Waals surface area contributed by atoms with E-state index in [9.17, 15) is 24.9 Å². The molecule has 0 aromatic heterocycles. The molecule has 1 aromatic carbocycles. The number of carbonyl (C=O) groups excluding carboxylic acids is 2. The van der Waals surface area contributed by atoms with E-state index in [1.54, 1.807) is 59.7 Å². The van der Waals surface area contributed by atoms with Crippen LogP contribution in [0.3, 0.4) is 0 Å². The summed E-state index contributed by atoms with van der Waals surface area (Å²) in [6.07, 6.45) is -5.38. The number of benzene rings is 1. The van der Waals surface area contributed by atoms with E-state index >= 15 is 0 Å². The molecule has 9 nitrogen and oxygen atoms in total. The van der Waals surface area contributed by atoms with Crippen LogP contribution in [0.15, 0.2) is 18.2 Å². The molecule has 2 rings (SSSR count). The van der Waals surface area contributed by atoms with Crippen LogP contribution >= 0.6 is 0 Å². The summed E-state index contributed by atoms with van der Waals surface area (Å²) in [7, 11) is 0. The summed E-state index contributed by atoms with van der Waals surface area (Å²) in [4.78, 5) is 24.6. The average molecular weight is 440 g/mol. The highest BCUT2D eigenvalue weighted by Crippen LogP contribution is 2.31. The smallest absolute Gasteiger partial charge is 0.311 e. The zero-order valence-electron chi connectivity index (χ0n) is 18.8. The Morgan fingerprint density at radius 2 is 1.71 bits per heavy atom. The third-order valence-corrected chi connectivity index (χ3v) is 4.65. The molecule has 0 saturated carbocycles. The largest absolute Gasteiger partial charge is 0.460 e. The van der Waals surface area contributed by atoms with Gasteiger partial charge in [-0.15, -0.1) is 0 Å². The third kappa shape index (κ3) is 6.64. The Morgan fingerprint density at radius 1 is 1.06 bits per heavy atom. The molecule has 9 heteroatoms. The van der Waals surface area contributed by atoms with E-state index in [1.807, 2.05) is 0 Å². The lowest BCUT2D eigenvalue weighted by Gasteiger charge is -2.35. The normalized spacial score (nSPS) is 24.4. The maximum absolute atomic E-state index is 12.5. The van der Waals surface area contributed by atoms with Crippen molar-refractivity contribution in [1.82, 2.24) is 0 Å². The van der Waals surface area contributed by atoms with E-state index in [2.05, 4.69) is 5.32 Å². The summed E-state index contributed by atoms with van der Waals surface area (Å²) in [6, 6.07) is 4.81. The predicted molar refractivity (Wildman–Crippen MR) is 112 cm³/mol. The molecule has 1 aliphatic rings. The lowest BCUT2D eigenvalue weighted by Crippen LogP contribution is -2.54. The molecular formula is C22H33NO8. The van der Waals surface area contributed by atoms with Crippen molar-refractivity contribution in [2.24, 2.45) is 10.8 Å². The van der Waals surface area contributed by atoms with Gasteiger partial charge in [-0.05, 0) is 38.5 Å². The highest BCUT2D eigenvalue weighted by Gasteiger charge is 2.39. The Bertz CT molecular complexity index is 796. The summed E-state index contributed by atoms with van der Waals surface area (Å²) in [6.45, 7) is 10.3. The zero-order valence-corrected chi connectivity index (χ0v) is 18.8. The molecule has 1 heterocycles. The second-order valence-corrected chi connectivity index (χ2v) is 9.73. The average Bonchev–Trinajstić information content (AvgIpc) is 2.66. The van der Waals surface area contributed by atoms with Gasteiger partial charge in [0.2, 0.25) is 12.2 Å². The molecule has 0 aliphatic carbocycles. The van der Waals surface area contributed by atoms with Gasteiger partial charge < -0.3 is 34.8 Å². The highest BCUT2D eigenvalue weighted by molar-refractivity contribution is 5.95. The second kappa shape index (κ2) is 9.52. The summed E-state index contributed by atoms with van der Waals surface area (Å²) in [5.41, 5.74) is -0.422. The number of ether oxygens (including phenoxy) is 3. The maximum atomic E-state index is 12.5. The van der Waals surface area contributed by atoms with Crippen LogP contribution in [-0.4, -0.2) is 58.4 Å². The molecular weight excluding hydrogens is 406 g/mol. The Hall–Kier alpha value is -2.20. The molecule has 1 fully saturated rings. The first kappa shape index (κ1) is 25.1. The van der Waals surface area contributed by atoms with Crippen LogP contribution in [0.4, 0.5) is 5.69 Å². The summed E-state index contributed by atoms with van der Waals surface area (Å²) in [5, 5.41) is 32.4. The molecule has 0 unspecified atom stereocenters. The fraction of sp³-hybridized carbons (Fsp3) is 0.636. The van der Waals surface area contributed by atoms with E-state index in [0.29, 0.717) is 11.3 Å². The van der Waals surface area contributed by atoms with Gasteiger partial charge in [-0.1, -0.05) is 26.8 Å². The molecule has 4 atom stereocenters. The minimum absolute atomic E-state index is 0.00221. The summed E-state index contributed by atoms with van der Waals surface area (Å²) in [5.74, 6) is -0.447. The quantitative estimate of drug-likeness (QED) is 0.508. The number of nitrogens with one attached hydrogen (secondary N) is 1. The SMILES string of the molecule is CC(C)(C)C(=O)Nc1cc(COC(=O)C(C)(C)C)ccc1O[C@@H]1OC[C@@H](O)[C@H](O)[C@H]1O. The molecule has 31 heavy (non-hydrogen) atoms. The van der Waals surface area contributed by atoms with Gasteiger partial charge in [0.25, 0.3) is 0 Å². The van der Waals surface area contributed by atoms with Crippen LogP contribution < -0.4 is 10.1 Å². The number of hydrogen-bond donors (Lipinski definition) is 4. The molecule has 1 saturated heterocycles. The predicted octanol–water partition coefficient (Wildman–Crippen LogP) is 1.58. The topological polar surface area (TPSA) is 135 Å². The van der Waals surface area contributed by atoms with Crippen molar-refractivity contribution >= 4 is 17.6 Å². The Labute approximate surface area is 182 Å². The van der Waals surface area contributed by atoms with Crippen molar-refractivity contribution in [2.75, 3.05) is 11.9 Å². The summed E-state index contributed by atoms with van der Waals surface area (Å²) < 4.78 is 16.3. The van der Waals surface area contributed by atoms with Crippen molar-refractivity contribution in [3.05, 3.63) is 23.8 Å². The molecule has 1 aliphatic heterocycles. The van der Waals surface area contributed by atoms with Gasteiger partial charge in [-0.25, -0.2) is 0 Å². The number of aliphatic hydroxyl groups excluding tert-OH is 3. The van der Waals surface area contributed by atoms with Gasteiger partial charge in [0.1, 0.15) is 30.7 Å². The second-order valence-electron chi connectivity index (χ2n) is 9.73. The number of carbonyl (C=O) groups is 2. The number of hydrogen-bond acceptors (Lipinski definition) is 8. The first-order chi connectivity index (χ1) is 14.2. The van der Waals surface area contributed by atoms with Gasteiger partial charge in [-0.2, -0.15) is 0 Å². The monoisotopic (exact) mass is 439 g/mol. The number of aliphatic hydroxyl groups is 3. The van der Waals surface area contributed by atoms with Crippen molar-refractivity contribution in [3.63, 3.8) is 0 Å². The number of amides is 1. The zero-order chi connectivity index (χ0) is 23.6. The van der Waals surface area contributed by atoms with Crippen LogP contribution in [0.5, 0.6) is 5.75 Å². The van der Waals surface area contributed by atoms with E-state index in [1.165, 1.54) is 0 Å². The fourth-order valence-electron chi connectivity index (χ4n) is 2.55. The first-order valence-corrected chi connectivity index (χ1v) is 10.1. The first-order valence-electron chi connectivity index (χ1n) is 10.1. The van der Waals surface area contributed by atoms with E-state index in [0.717, 1.165) is 0 Å². The van der Waals surface area contributed by atoms with Crippen molar-refractivity contribution < 1.29 is 39.1 Å². The lowest BCUT2D eigenvalue weighted by atomic mass is 9.95. The minimum Gasteiger partial charge on any atom is -0.460 e. The van der Waals surface area contributed by atoms with Crippen LogP contribution in [0.2, 0.25) is 0 Å². The maximum Gasteiger partial charge on any atom is 0.311 e. The van der Waals surface area contributed by atoms with Crippen molar-refractivity contribution in [3.8, 4) is 5.75 Å². The van der Waals surface area contributed by atoms with Crippen LogP contribution in [0.25, 0.3) is 0 Å². The fourth-order valence-corrected chi connectivity index (χ4v) is 2.55. The lowest BCUT2D eigenvalue weighted by molar-refractivity contribution is -0.241. The molecule has 174 valence electrons. The van der Waals surface area contributed by atoms with E-state index < -0.39 is 35.4 Å². The third-order valence-electron chi connectivity index (χ3n) is 4.65. The molecule has 1 amide bonds. The van der Waals surface area contributed by atoms with E-state index in [4.69, 9.17) is 14.2 Å². The van der Waals surface area contributed by atoms with Gasteiger partial charge in [0.05, 0.1) is 17.7 Å². The number of rotatable bonds is 5. The number of anilines is 1. The Morgan fingerprint density at radius 3 is 2.29 bits per heavy atom. The van der Waals surface area contributed by atoms with Crippen LogP contribution in [-0.2, 0) is 25.7 Å². The highest BCUT2D eigenvalue weighted by atomic mass is 16.7. The molecule has 0 spiro atoms. The van der Waals surface area contributed by atoms with Gasteiger partial charge in [0.15, 0.2) is 0 Å². The molecule has 0 bridgehead atoms. The molecule has 0 radical (unpaired) electrons. The van der Waals surface area contributed by atoms with Crippen LogP contribution in [0.1, 0.15) is 47.1 Å². The van der Waals surface area contributed by atoms with E-state index in [-0.39, 0.29) is 30.8 Å². The van der Waals surface area contributed by atoms with Crippen molar-refractivity contribution in [1.29, 1.82) is 0 Å². The van der Waals surface area contributed by atoms with Crippen molar-refractivity contribution in [2.45, 2.75) is 72.8 Å². The standard InChI is InChI=1S/C22H33NO8/c1-21(2,3)19(27)23-13-9-12(10-30-20(28)22(4,5)6)7-8-15(13)31-18-17(26)16(25)14(24)11-29-18/h7-9,14,16-18,24-26H,10-11H2,1-6H3,(H,23,27)/t14-,16+,17-,18+/m1/s1. The van der Waals surface area contributed by atoms with Gasteiger partial charge in [0, 0.05) is 5.41 Å². The molecule has 1 aromatic rings. The molecule has 4 N–H and O–H groups in total. The number of esters is 1. The Balaban J connectivity index is 2.25. The van der Waals surface area contributed by atoms with Crippen LogP contribution in [0, 0.1) is 10.8 Å². The Kier molecular flexibility index (Phi) is 7.70. The summed E-state index contributed by atoms with van der Waals surface area (Å²) >= 11 is 0. The minimum atomic E-state index is -1.48.